The van der Waals surface area contributed by atoms with Gasteiger partial charge in [0.2, 0.25) is 11.7 Å². The molecule has 1 aliphatic heterocycles. The zero-order valence-corrected chi connectivity index (χ0v) is 10.4. The summed E-state index contributed by atoms with van der Waals surface area (Å²) in [4.78, 5) is 4.55. The van der Waals surface area contributed by atoms with Crippen molar-refractivity contribution in [2.24, 2.45) is 5.92 Å². The normalized spacial score (nSPS) is 25.1. The van der Waals surface area contributed by atoms with Crippen molar-refractivity contribution in [1.29, 1.82) is 0 Å². The van der Waals surface area contributed by atoms with Crippen LogP contribution in [0.1, 0.15) is 43.8 Å². The fourth-order valence-electron chi connectivity index (χ4n) is 2.49. The molecule has 1 N–H and O–H groups in total. The second-order valence-corrected chi connectivity index (χ2v) is 5.22. The van der Waals surface area contributed by atoms with Crippen molar-refractivity contribution < 1.29 is 9.26 Å². The van der Waals surface area contributed by atoms with Crippen LogP contribution in [0, 0.1) is 5.92 Å². The number of hydrogen-bond donors (Lipinski definition) is 1. The Balaban J connectivity index is 1.77. The fourth-order valence-corrected chi connectivity index (χ4v) is 2.49. The van der Waals surface area contributed by atoms with Crippen molar-refractivity contribution in [3.05, 3.63) is 11.7 Å². The number of hydrogen-bond acceptors (Lipinski definition) is 5. The van der Waals surface area contributed by atoms with Gasteiger partial charge < -0.3 is 14.6 Å². The van der Waals surface area contributed by atoms with Crippen LogP contribution in [-0.2, 0) is 10.3 Å². The Bertz CT molecular complexity index is 391. The second kappa shape index (κ2) is 4.07. The molecule has 94 valence electrons. The Morgan fingerprint density at radius 2 is 2.24 bits per heavy atom. The summed E-state index contributed by atoms with van der Waals surface area (Å²) in [6, 6.07) is 0. The summed E-state index contributed by atoms with van der Waals surface area (Å²) < 4.78 is 11.0. The number of nitrogens with zero attached hydrogens (tertiary/aromatic N) is 2. The summed E-state index contributed by atoms with van der Waals surface area (Å²) >= 11 is 0. The second-order valence-electron chi connectivity index (χ2n) is 5.22. The summed E-state index contributed by atoms with van der Waals surface area (Å²) in [5, 5.41) is 7.38. The number of aromatic nitrogens is 2. The Labute approximate surface area is 101 Å². The average Bonchev–Trinajstić information content (AvgIpc) is 2.63. The molecule has 17 heavy (non-hydrogen) atoms. The van der Waals surface area contributed by atoms with Crippen LogP contribution in [0.15, 0.2) is 4.52 Å². The van der Waals surface area contributed by atoms with Gasteiger partial charge in [0.05, 0.1) is 0 Å². The number of rotatable bonds is 4. The fraction of sp³-hybridized carbons (Fsp3) is 0.833. The van der Waals surface area contributed by atoms with Gasteiger partial charge in [-0.15, -0.1) is 0 Å². The van der Waals surface area contributed by atoms with Crippen molar-refractivity contribution in [3.8, 4) is 0 Å². The molecule has 0 spiro atoms. The lowest BCUT2D eigenvalue weighted by molar-refractivity contribution is -0.0858. The van der Waals surface area contributed by atoms with E-state index in [0.29, 0.717) is 11.8 Å². The van der Waals surface area contributed by atoms with Crippen LogP contribution in [-0.4, -0.2) is 30.3 Å². The van der Waals surface area contributed by atoms with Crippen molar-refractivity contribution in [1.82, 2.24) is 15.5 Å². The quantitative estimate of drug-likeness (QED) is 0.858. The van der Waals surface area contributed by atoms with Gasteiger partial charge in [0.25, 0.3) is 0 Å². The number of methoxy groups -OCH3 is 1. The molecular formula is C12H19N3O2. The van der Waals surface area contributed by atoms with E-state index >= 15 is 0 Å². The van der Waals surface area contributed by atoms with E-state index in [0.717, 1.165) is 37.6 Å². The molecule has 2 heterocycles. The minimum Gasteiger partial charge on any atom is -0.370 e. The first-order valence-electron chi connectivity index (χ1n) is 6.35. The highest BCUT2D eigenvalue weighted by atomic mass is 16.5. The Kier molecular flexibility index (Phi) is 2.67. The standard InChI is InChI=1S/C12H19N3O2/c1-8(9-6-13-7-9)10-14-11(15-17-10)12(16-2)4-3-5-12/h8-9,13H,3-7H2,1-2H3. The summed E-state index contributed by atoms with van der Waals surface area (Å²) in [6.45, 7) is 4.26. The average molecular weight is 237 g/mol. The van der Waals surface area contributed by atoms with Crippen LogP contribution >= 0.6 is 0 Å². The zero-order valence-electron chi connectivity index (χ0n) is 10.4. The summed E-state index contributed by atoms with van der Waals surface area (Å²) in [6.07, 6.45) is 3.18. The smallest absolute Gasteiger partial charge is 0.229 e. The van der Waals surface area contributed by atoms with Crippen molar-refractivity contribution in [2.45, 2.75) is 37.7 Å². The Hall–Kier alpha value is -0.940. The third-order valence-electron chi connectivity index (χ3n) is 4.31. The molecule has 1 saturated carbocycles. The number of ether oxygens (including phenoxy) is 1. The predicted molar refractivity (Wildman–Crippen MR) is 61.6 cm³/mol. The van der Waals surface area contributed by atoms with Crippen LogP contribution in [0.25, 0.3) is 0 Å². The van der Waals surface area contributed by atoms with E-state index < -0.39 is 0 Å². The molecule has 1 aliphatic carbocycles. The van der Waals surface area contributed by atoms with E-state index in [2.05, 4.69) is 22.4 Å². The Morgan fingerprint density at radius 1 is 1.47 bits per heavy atom. The molecule has 2 fully saturated rings. The molecule has 1 aromatic heterocycles. The topological polar surface area (TPSA) is 60.2 Å². The van der Waals surface area contributed by atoms with Crippen molar-refractivity contribution >= 4 is 0 Å². The van der Waals surface area contributed by atoms with E-state index in [1.807, 2.05) is 0 Å². The van der Waals surface area contributed by atoms with E-state index in [4.69, 9.17) is 9.26 Å². The summed E-state index contributed by atoms with van der Waals surface area (Å²) in [5.41, 5.74) is -0.265. The van der Waals surface area contributed by atoms with Gasteiger partial charge in [0.1, 0.15) is 5.60 Å². The molecule has 0 bridgehead atoms. The third kappa shape index (κ3) is 1.68. The lowest BCUT2D eigenvalue weighted by Crippen LogP contribution is -2.44. The van der Waals surface area contributed by atoms with Crippen LogP contribution in [0.2, 0.25) is 0 Å². The first kappa shape index (κ1) is 11.2. The molecule has 0 radical (unpaired) electrons. The molecule has 1 unspecified atom stereocenters. The monoisotopic (exact) mass is 237 g/mol. The molecule has 1 saturated heterocycles. The van der Waals surface area contributed by atoms with Gasteiger partial charge in [0, 0.05) is 13.0 Å². The highest BCUT2D eigenvalue weighted by Gasteiger charge is 2.43. The van der Waals surface area contributed by atoms with Crippen molar-refractivity contribution in [3.63, 3.8) is 0 Å². The van der Waals surface area contributed by atoms with Gasteiger partial charge >= 0.3 is 0 Å². The van der Waals surface area contributed by atoms with Crippen molar-refractivity contribution in [2.75, 3.05) is 20.2 Å². The molecule has 3 rings (SSSR count). The maximum absolute atomic E-state index is 5.56. The molecule has 0 aromatic carbocycles. The van der Waals surface area contributed by atoms with Gasteiger partial charge in [-0.1, -0.05) is 12.1 Å². The molecule has 2 aliphatic rings. The lowest BCUT2D eigenvalue weighted by atomic mass is 9.79. The minimum absolute atomic E-state index is 0.265. The highest BCUT2D eigenvalue weighted by molar-refractivity contribution is 5.08. The van der Waals surface area contributed by atoms with Gasteiger partial charge in [-0.25, -0.2) is 0 Å². The molecule has 1 aromatic rings. The van der Waals surface area contributed by atoms with Gasteiger partial charge in [-0.3, -0.25) is 0 Å². The van der Waals surface area contributed by atoms with E-state index in [9.17, 15) is 0 Å². The van der Waals surface area contributed by atoms with E-state index in [1.54, 1.807) is 7.11 Å². The van der Waals surface area contributed by atoms with Crippen LogP contribution in [0.5, 0.6) is 0 Å². The molecule has 1 atom stereocenters. The van der Waals surface area contributed by atoms with Gasteiger partial charge in [-0.2, -0.15) is 4.98 Å². The summed E-state index contributed by atoms with van der Waals surface area (Å²) in [5.74, 6) is 2.46. The largest absolute Gasteiger partial charge is 0.370 e. The van der Waals surface area contributed by atoms with E-state index in [-0.39, 0.29) is 5.60 Å². The Morgan fingerprint density at radius 3 is 2.71 bits per heavy atom. The number of nitrogens with one attached hydrogen (secondary N) is 1. The van der Waals surface area contributed by atoms with Crippen LogP contribution in [0.4, 0.5) is 0 Å². The molecular weight excluding hydrogens is 218 g/mol. The first-order valence-corrected chi connectivity index (χ1v) is 6.35. The maximum Gasteiger partial charge on any atom is 0.229 e. The lowest BCUT2D eigenvalue weighted by Gasteiger charge is -2.37. The van der Waals surface area contributed by atoms with Gasteiger partial charge in [-0.05, 0) is 38.3 Å². The van der Waals surface area contributed by atoms with E-state index in [1.165, 1.54) is 6.42 Å². The minimum atomic E-state index is -0.265. The van der Waals surface area contributed by atoms with Gasteiger partial charge in [0.15, 0.2) is 0 Å². The highest BCUT2D eigenvalue weighted by Crippen LogP contribution is 2.43. The molecule has 5 heteroatoms. The SMILES string of the molecule is COC1(c2noc(C(C)C3CNC3)n2)CCC1. The predicted octanol–water partition coefficient (Wildman–Crippen LogP) is 1.42. The molecule has 0 amide bonds. The maximum atomic E-state index is 5.56. The molecule has 5 nitrogen and oxygen atoms in total. The first-order chi connectivity index (χ1) is 8.25. The third-order valence-corrected chi connectivity index (χ3v) is 4.31. The van der Waals surface area contributed by atoms with Crippen LogP contribution < -0.4 is 5.32 Å². The zero-order chi connectivity index (χ0) is 11.9. The van der Waals surface area contributed by atoms with Crippen LogP contribution in [0.3, 0.4) is 0 Å². The summed E-state index contributed by atoms with van der Waals surface area (Å²) in [7, 11) is 1.73.